The summed E-state index contributed by atoms with van der Waals surface area (Å²) in [6.45, 7) is -0.519. The van der Waals surface area contributed by atoms with Gasteiger partial charge in [-0.25, -0.2) is 9.97 Å². The molecule has 1 amide bonds. The number of ether oxygens (including phenoxy) is 1. The summed E-state index contributed by atoms with van der Waals surface area (Å²) in [5.41, 5.74) is 5.23. The summed E-state index contributed by atoms with van der Waals surface area (Å²) in [7, 11) is 1.68. The van der Waals surface area contributed by atoms with E-state index in [0.717, 1.165) is 0 Å². The van der Waals surface area contributed by atoms with Crippen molar-refractivity contribution in [3.63, 3.8) is 0 Å². The summed E-state index contributed by atoms with van der Waals surface area (Å²) in [6, 6.07) is 0. The third kappa shape index (κ3) is 2.59. The minimum Gasteiger partial charge on any atom is -0.470 e. The van der Waals surface area contributed by atoms with Crippen LogP contribution < -0.4 is 11.3 Å². The normalized spacial score (nSPS) is 10.6. The number of hydrogen-bond donors (Lipinski definition) is 2. The van der Waals surface area contributed by atoms with Crippen LogP contribution in [0.2, 0.25) is 0 Å². The average molecular weight is 264 g/mol. The highest BCUT2D eigenvalue weighted by Crippen LogP contribution is 2.01. The van der Waals surface area contributed by atoms with Gasteiger partial charge in [0.1, 0.15) is 12.9 Å². The number of aromatic nitrogens is 4. The van der Waals surface area contributed by atoms with E-state index in [4.69, 9.17) is 15.9 Å². The van der Waals surface area contributed by atoms with Crippen LogP contribution >= 0.6 is 0 Å². The zero-order valence-corrected chi connectivity index (χ0v) is 10.2. The second-order valence-corrected chi connectivity index (χ2v) is 3.88. The molecule has 0 fully saturated rings. The fourth-order valence-corrected chi connectivity index (χ4v) is 1.54. The lowest BCUT2D eigenvalue weighted by atomic mass is 10.5. The molecule has 9 nitrogen and oxygen atoms in total. The molecule has 0 saturated heterocycles. The van der Waals surface area contributed by atoms with Crippen LogP contribution in [0.3, 0.4) is 0 Å². The molecule has 0 aliphatic rings. The first-order valence-electron chi connectivity index (χ1n) is 5.34. The van der Waals surface area contributed by atoms with Gasteiger partial charge in [-0.1, -0.05) is 0 Å². The molecule has 100 valence electrons. The van der Waals surface area contributed by atoms with Crippen molar-refractivity contribution in [1.82, 2.24) is 19.1 Å². The van der Waals surface area contributed by atoms with E-state index in [1.54, 1.807) is 11.6 Å². The van der Waals surface area contributed by atoms with Crippen LogP contribution in [-0.2, 0) is 23.1 Å². The molecule has 0 radical (unpaired) electrons. The first kappa shape index (κ1) is 12.7. The van der Waals surface area contributed by atoms with Crippen molar-refractivity contribution in [2.75, 3.05) is 6.61 Å². The van der Waals surface area contributed by atoms with Crippen LogP contribution in [0, 0.1) is 5.41 Å². The maximum Gasteiger partial charge on any atom is 0.280 e. The van der Waals surface area contributed by atoms with E-state index in [1.807, 2.05) is 0 Å². The van der Waals surface area contributed by atoms with Gasteiger partial charge in [-0.3, -0.25) is 19.6 Å². The molecule has 2 aromatic rings. The number of imidazole rings is 1. The molecular weight excluding hydrogens is 252 g/mol. The number of fused-ring (bicyclic) bond motifs is 1. The van der Waals surface area contributed by atoms with Crippen molar-refractivity contribution in [3.8, 4) is 0 Å². The molecule has 2 rings (SSSR count). The fourth-order valence-electron chi connectivity index (χ4n) is 1.54. The Balaban J connectivity index is 2.24. The fraction of sp³-hybridized carbons (Fsp3) is 0.300. The third-order valence-corrected chi connectivity index (χ3v) is 2.40. The number of nitrogens with zero attached hydrogens (tertiary/aromatic N) is 4. The topological polar surface area (TPSA) is 129 Å². The van der Waals surface area contributed by atoms with Gasteiger partial charge in [0.2, 0.25) is 5.90 Å². The number of carbonyl (C=O) groups excluding carboxylic acids is 1. The highest BCUT2D eigenvalue weighted by atomic mass is 16.5. The SMILES string of the molecule is Cn1cnc2ncn(CC(=N)OCC(N)=O)c(=O)c21. The predicted octanol–water partition coefficient (Wildman–Crippen LogP) is -1.39. The van der Waals surface area contributed by atoms with Crippen LogP contribution in [0.5, 0.6) is 0 Å². The van der Waals surface area contributed by atoms with Crippen molar-refractivity contribution in [1.29, 1.82) is 5.41 Å². The molecule has 0 saturated carbocycles. The van der Waals surface area contributed by atoms with Gasteiger partial charge in [-0.15, -0.1) is 0 Å². The number of hydrogen-bond acceptors (Lipinski definition) is 6. The van der Waals surface area contributed by atoms with Gasteiger partial charge < -0.3 is 15.0 Å². The smallest absolute Gasteiger partial charge is 0.280 e. The molecule has 2 aromatic heterocycles. The second kappa shape index (κ2) is 4.88. The van der Waals surface area contributed by atoms with Crippen LogP contribution in [0.1, 0.15) is 0 Å². The number of nitrogens with one attached hydrogen (secondary N) is 1. The Kier molecular flexibility index (Phi) is 3.27. The minimum absolute atomic E-state index is 0.125. The van der Waals surface area contributed by atoms with Crippen molar-refractivity contribution in [2.24, 2.45) is 12.8 Å². The Bertz CT molecular complexity index is 701. The van der Waals surface area contributed by atoms with Gasteiger partial charge >= 0.3 is 0 Å². The van der Waals surface area contributed by atoms with Crippen LogP contribution in [0.15, 0.2) is 17.4 Å². The standard InChI is InChI=1S/C10H12N6O3/c1-15-4-13-9-8(15)10(18)16(5-14-9)2-7(12)19-3-6(11)17/h4-5,12H,2-3H2,1H3,(H2,11,17). The second-order valence-electron chi connectivity index (χ2n) is 3.88. The average Bonchev–Trinajstić information content (AvgIpc) is 2.73. The summed E-state index contributed by atoms with van der Waals surface area (Å²) in [4.78, 5) is 30.6. The van der Waals surface area contributed by atoms with Gasteiger partial charge in [-0.2, -0.15) is 0 Å². The highest BCUT2D eigenvalue weighted by molar-refractivity contribution is 5.80. The molecular formula is C10H12N6O3. The van der Waals surface area contributed by atoms with Crippen molar-refractivity contribution in [3.05, 3.63) is 23.0 Å². The Morgan fingerprint density at radius 2 is 2.16 bits per heavy atom. The Morgan fingerprint density at radius 3 is 2.84 bits per heavy atom. The van der Waals surface area contributed by atoms with E-state index >= 15 is 0 Å². The van der Waals surface area contributed by atoms with Crippen LogP contribution in [0.25, 0.3) is 11.2 Å². The van der Waals surface area contributed by atoms with Gasteiger partial charge in [0.15, 0.2) is 17.8 Å². The maximum absolute atomic E-state index is 12.1. The molecule has 2 heterocycles. The number of carbonyl (C=O) groups is 1. The lowest BCUT2D eigenvalue weighted by molar-refractivity contribution is -0.120. The molecule has 0 spiro atoms. The Morgan fingerprint density at radius 1 is 1.47 bits per heavy atom. The third-order valence-electron chi connectivity index (χ3n) is 2.40. The molecule has 0 bridgehead atoms. The van der Waals surface area contributed by atoms with E-state index in [9.17, 15) is 9.59 Å². The summed E-state index contributed by atoms with van der Waals surface area (Å²) in [5.74, 6) is -0.929. The Labute approximate surface area is 107 Å². The Hall–Kier alpha value is -2.71. The van der Waals surface area contributed by atoms with Crippen molar-refractivity contribution in [2.45, 2.75) is 6.54 Å². The largest absolute Gasteiger partial charge is 0.470 e. The quantitative estimate of drug-likeness (QED) is 0.518. The van der Waals surface area contributed by atoms with Gasteiger partial charge in [0.05, 0.1) is 6.33 Å². The molecule has 0 aliphatic heterocycles. The number of amides is 1. The highest BCUT2D eigenvalue weighted by Gasteiger charge is 2.10. The number of aryl methyl sites for hydroxylation is 1. The molecule has 9 heteroatoms. The summed E-state index contributed by atoms with van der Waals surface area (Å²) >= 11 is 0. The predicted molar refractivity (Wildman–Crippen MR) is 65.6 cm³/mol. The summed E-state index contributed by atoms with van der Waals surface area (Å²) < 4.78 is 7.54. The lowest BCUT2D eigenvalue weighted by Crippen LogP contribution is -2.28. The molecule has 0 aliphatic carbocycles. The van der Waals surface area contributed by atoms with Gasteiger partial charge in [0.25, 0.3) is 11.5 Å². The first-order chi connectivity index (χ1) is 8.99. The van der Waals surface area contributed by atoms with Crippen LogP contribution in [0.4, 0.5) is 0 Å². The monoisotopic (exact) mass is 264 g/mol. The molecule has 0 atom stereocenters. The lowest BCUT2D eigenvalue weighted by Gasteiger charge is -2.07. The molecule has 0 unspecified atom stereocenters. The first-order valence-corrected chi connectivity index (χ1v) is 5.34. The zero-order chi connectivity index (χ0) is 14.0. The van der Waals surface area contributed by atoms with E-state index < -0.39 is 12.5 Å². The van der Waals surface area contributed by atoms with Gasteiger partial charge in [-0.05, 0) is 0 Å². The number of rotatable bonds is 4. The van der Waals surface area contributed by atoms with Crippen molar-refractivity contribution < 1.29 is 9.53 Å². The van der Waals surface area contributed by atoms with E-state index in [2.05, 4.69) is 9.97 Å². The van der Waals surface area contributed by atoms with E-state index in [-0.39, 0.29) is 18.0 Å². The van der Waals surface area contributed by atoms with E-state index in [0.29, 0.717) is 11.2 Å². The molecule has 3 N–H and O–H groups in total. The zero-order valence-electron chi connectivity index (χ0n) is 10.2. The molecule has 19 heavy (non-hydrogen) atoms. The summed E-state index contributed by atoms with van der Waals surface area (Å²) in [6.07, 6.45) is 2.76. The van der Waals surface area contributed by atoms with Crippen molar-refractivity contribution >= 4 is 23.0 Å². The number of nitrogens with two attached hydrogens (primary N) is 1. The number of primary amides is 1. The van der Waals surface area contributed by atoms with Crippen LogP contribution in [-0.4, -0.2) is 37.5 Å². The van der Waals surface area contributed by atoms with E-state index in [1.165, 1.54) is 17.2 Å². The molecule has 0 aromatic carbocycles. The summed E-state index contributed by atoms with van der Waals surface area (Å²) in [5, 5.41) is 7.50. The maximum atomic E-state index is 12.1. The van der Waals surface area contributed by atoms with Gasteiger partial charge in [0, 0.05) is 7.05 Å². The minimum atomic E-state index is -0.683.